The number of aromatic nitrogens is 1. The van der Waals surface area contributed by atoms with Crippen molar-refractivity contribution in [3.8, 4) is 0 Å². The fourth-order valence-corrected chi connectivity index (χ4v) is 2.50. The summed E-state index contributed by atoms with van der Waals surface area (Å²) in [6.45, 7) is 2.24. The first-order valence-corrected chi connectivity index (χ1v) is 7.05. The zero-order chi connectivity index (χ0) is 14.7. The second-order valence-corrected chi connectivity index (χ2v) is 5.08. The van der Waals surface area contributed by atoms with Crippen molar-refractivity contribution in [2.75, 3.05) is 23.3 Å². The van der Waals surface area contributed by atoms with E-state index in [1.165, 1.54) is 24.6 Å². The van der Waals surface area contributed by atoms with Gasteiger partial charge in [-0.15, -0.1) is 0 Å². The number of carboxylic acids is 1. The molecule has 0 radical (unpaired) electrons. The van der Waals surface area contributed by atoms with Gasteiger partial charge in [0, 0.05) is 24.5 Å². The molecule has 0 atom stereocenters. The van der Waals surface area contributed by atoms with Crippen LogP contribution in [0.3, 0.4) is 0 Å². The minimum atomic E-state index is -1.02. The molecule has 1 fully saturated rings. The number of pyridine rings is 1. The normalized spacial score (nSPS) is 14.2. The van der Waals surface area contributed by atoms with Crippen LogP contribution in [0.15, 0.2) is 42.5 Å². The molecule has 0 unspecified atom stereocenters. The van der Waals surface area contributed by atoms with Gasteiger partial charge in [-0.3, -0.25) is 0 Å². The van der Waals surface area contributed by atoms with Gasteiger partial charge >= 0.3 is 5.97 Å². The average Bonchev–Trinajstić information content (AvgIpc) is 3.02. The van der Waals surface area contributed by atoms with Crippen LogP contribution in [0.4, 0.5) is 17.2 Å². The fraction of sp³-hybridized carbons (Fsp3) is 0.250. The summed E-state index contributed by atoms with van der Waals surface area (Å²) in [5.74, 6) is -0.494. The molecule has 0 spiro atoms. The Balaban J connectivity index is 1.72. The number of hydrogen-bond acceptors (Lipinski definition) is 4. The number of nitrogens with one attached hydrogen (secondary N) is 1. The third-order valence-corrected chi connectivity index (χ3v) is 3.58. The fourth-order valence-electron chi connectivity index (χ4n) is 2.50. The third kappa shape index (κ3) is 3.13. The van der Waals surface area contributed by atoms with Crippen molar-refractivity contribution in [3.63, 3.8) is 0 Å². The first-order valence-electron chi connectivity index (χ1n) is 7.05. The molecule has 108 valence electrons. The molecule has 2 heterocycles. The number of anilines is 3. The SMILES string of the molecule is O=C(O)c1cccc(Nc2ccc(N3CCCC3)cc2)n1. The lowest BCUT2D eigenvalue weighted by Crippen LogP contribution is -2.17. The number of aromatic carboxylic acids is 1. The van der Waals surface area contributed by atoms with Crippen LogP contribution in [0, 0.1) is 0 Å². The molecular formula is C16H17N3O2. The molecule has 21 heavy (non-hydrogen) atoms. The third-order valence-electron chi connectivity index (χ3n) is 3.58. The van der Waals surface area contributed by atoms with Gasteiger partial charge in [-0.05, 0) is 49.2 Å². The number of carboxylic acid groups (broad SMARTS) is 1. The molecule has 1 aromatic carbocycles. The first-order chi connectivity index (χ1) is 10.2. The van der Waals surface area contributed by atoms with E-state index in [9.17, 15) is 4.79 Å². The summed E-state index contributed by atoms with van der Waals surface area (Å²) >= 11 is 0. The quantitative estimate of drug-likeness (QED) is 0.902. The highest BCUT2D eigenvalue weighted by atomic mass is 16.4. The summed E-state index contributed by atoms with van der Waals surface area (Å²) in [6.07, 6.45) is 2.51. The van der Waals surface area contributed by atoms with Gasteiger partial charge in [0.25, 0.3) is 0 Å². The van der Waals surface area contributed by atoms with Gasteiger partial charge in [0.1, 0.15) is 5.82 Å². The van der Waals surface area contributed by atoms with Crippen molar-refractivity contribution in [2.24, 2.45) is 0 Å². The summed E-state index contributed by atoms with van der Waals surface area (Å²) in [7, 11) is 0. The standard InChI is InChI=1S/C16H17N3O2/c20-16(21)14-4-3-5-15(18-14)17-12-6-8-13(9-7-12)19-10-1-2-11-19/h3-9H,1-2,10-11H2,(H,17,18)(H,20,21). The van der Waals surface area contributed by atoms with Crippen LogP contribution in [-0.2, 0) is 0 Å². The molecule has 1 saturated heterocycles. The lowest BCUT2D eigenvalue weighted by Gasteiger charge is -2.17. The van der Waals surface area contributed by atoms with Crippen LogP contribution in [0.25, 0.3) is 0 Å². The Morgan fingerprint density at radius 1 is 1.10 bits per heavy atom. The topological polar surface area (TPSA) is 65.5 Å². The number of nitrogens with zero attached hydrogens (tertiary/aromatic N) is 2. The lowest BCUT2D eigenvalue weighted by molar-refractivity contribution is 0.0690. The van der Waals surface area contributed by atoms with E-state index in [1.807, 2.05) is 12.1 Å². The average molecular weight is 283 g/mol. The highest BCUT2D eigenvalue weighted by molar-refractivity contribution is 5.85. The van der Waals surface area contributed by atoms with Crippen LogP contribution >= 0.6 is 0 Å². The van der Waals surface area contributed by atoms with E-state index in [1.54, 1.807) is 12.1 Å². The Kier molecular flexibility index (Phi) is 3.73. The van der Waals surface area contributed by atoms with Crippen LogP contribution < -0.4 is 10.2 Å². The maximum atomic E-state index is 10.9. The smallest absolute Gasteiger partial charge is 0.354 e. The summed E-state index contributed by atoms with van der Waals surface area (Å²) in [6, 6.07) is 13.0. The highest BCUT2D eigenvalue weighted by Gasteiger charge is 2.12. The molecule has 5 heteroatoms. The zero-order valence-electron chi connectivity index (χ0n) is 11.6. The molecule has 5 nitrogen and oxygen atoms in total. The maximum absolute atomic E-state index is 10.9. The second-order valence-electron chi connectivity index (χ2n) is 5.08. The highest BCUT2D eigenvalue weighted by Crippen LogP contribution is 2.23. The van der Waals surface area contributed by atoms with Crippen molar-refractivity contribution in [3.05, 3.63) is 48.2 Å². The molecular weight excluding hydrogens is 266 g/mol. The number of hydrogen-bond donors (Lipinski definition) is 2. The van der Waals surface area contributed by atoms with Gasteiger partial charge in [0.05, 0.1) is 0 Å². The van der Waals surface area contributed by atoms with Crippen molar-refractivity contribution in [1.82, 2.24) is 4.98 Å². The summed E-state index contributed by atoms with van der Waals surface area (Å²) in [5.41, 5.74) is 2.16. The Labute approximate surface area is 123 Å². The van der Waals surface area contributed by atoms with Crippen LogP contribution in [0.5, 0.6) is 0 Å². The largest absolute Gasteiger partial charge is 0.477 e. The molecule has 1 aromatic heterocycles. The minimum Gasteiger partial charge on any atom is -0.477 e. The van der Waals surface area contributed by atoms with Gasteiger partial charge in [0.15, 0.2) is 5.69 Å². The van der Waals surface area contributed by atoms with E-state index < -0.39 is 5.97 Å². The Hall–Kier alpha value is -2.56. The van der Waals surface area contributed by atoms with Crippen molar-refractivity contribution in [1.29, 1.82) is 0 Å². The first kappa shape index (κ1) is 13.4. The number of rotatable bonds is 4. The Bertz CT molecular complexity index is 634. The molecule has 0 bridgehead atoms. The molecule has 1 aliphatic rings. The van der Waals surface area contributed by atoms with Crippen molar-refractivity contribution >= 4 is 23.2 Å². The van der Waals surface area contributed by atoms with E-state index in [0.29, 0.717) is 5.82 Å². The van der Waals surface area contributed by atoms with Gasteiger partial charge in [-0.2, -0.15) is 0 Å². The lowest BCUT2D eigenvalue weighted by atomic mass is 10.2. The second kappa shape index (κ2) is 5.83. The molecule has 2 aromatic rings. The minimum absolute atomic E-state index is 0.0358. The van der Waals surface area contributed by atoms with Gasteiger partial charge in [0.2, 0.25) is 0 Å². The predicted molar refractivity (Wildman–Crippen MR) is 82.4 cm³/mol. The van der Waals surface area contributed by atoms with Crippen LogP contribution in [0.2, 0.25) is 0 Å². The monoisotopic (exact) mass is 283 g/mol. The van der Waals surface area contributed by atoms with E-state index in [4.69, 9.17) is 5.11 Å². The number of benzene rings is 1. The van der Waals surface area contributed by atoms with E-state index in [-0.39, 0.29) is 5.69 Å². The molecule has 0 saturated carbocycles. The maximum Gasteiger partial charge on any atom is 0.354 e. The summed E-state index contributed by atoms with van der Waals surface area (Å²) < 4.78 is 0. The van der Waals surface area contributed by atoms with E-state index >= 15 is 0 Å². The van der Waals surface area contributed by atoms with E-state index in [2.05, 4.69) is 27.3 Å². The van der Waals surface area contributed by atoms with Gasteiger partial charge < -0.3 is 15.3 Å². The number of carbonyl (C=O) groups is 1. The van der Waals surface area contributed by atoms with Gasteiger partial charge in [-0.25, -0.2) is 9.78 Å². The van der Waals surface area contributed by atoms with Crippen LogP contribution in [0.1, 0.15) is 23.3 Å². The van der Waals surface area contributed by atoms with Gasteiger partial charge in [-0.1, -0.05) is 6.07 Å². The summed E-state index contributed by atoms with van der Waals surface area (Å²) in [4.78, 5) is 17.3. The Morgan fingerprint density at radius 3 is 2.48 bits per heavy atom. The predicted octanol–water partition coefficient (Wildman–Crippen LogP) is 3.12. The van der Waals surface area contributed by atoms with Crippen molar-refractivity contribution < 1.29 is 9.90 Å². The van der Waals surface area contributed by atoms with Crippen LogP contribution in [-0.4, -0.2) is 29.1 Å². The molecule has 2 N–H and O–H groups in total. The molecule has 0 aliphatic carbocycles. The molecule has 1 aliphatic heterocycles. The summed E-state index contributed by atoms with van der Waals surface area (Å²) in [5, 5.41) is 12.1. The molecule has 3 rings (SSSR count). The van der Waals surface area contributed by atoms with Crippen molar-refractivity contribution in [2.45, 2.75) is 12.8 Å². The molecule has 0 amide bonds. The van der Waals surface area contributed by atoms with E-state index in [0.717, 1.165) is 18.8 Å². The zero-order valence-corrected chi connectivity index (χ0v) is 11.6. The Morgan fingerprint density at radius 2 is 1.81 bits per heavy atom.